The highest BCUT2D eigenvalue weighted by atomic mass is 32.2. The lowest BCUT2D eigenvalue weighted by molar-refractivity contribution is 0.592. The number of hydrogen-bond donors (Lipinski definition) is 1. The Bertz CT molecular complexity index is 836. The van der Waals surface area contributed by atoms with Crippen LogP contribution in [0.25, 0.3) is 0 Å². The highest BCUT2D eigenvalue weighted by Crippen LogP contribution is 2.37. The van der Waals surface area contributed by atoms with Crippen molar-refractivity contribution in [3.8, 4) is 6.07 Å². The third-order valence-electron chi connectivity index (χ3n) is 3.56. The van der Waals surface area contributed by atoms with Gasteiger partial charge in [-0.3, -0.25) is 4.31 Å². The Morgan fingerprint density at radius 2 is 1.86 bits per heavy atom. The SMILES string of the molecule is N#Cc1ccc(S(=O)(=O)N2CCc3cccc(N)c32)cc1. The zero-order valence-electron chi connectivity index (χ0n) is 11.2. The van der Waals surface area contributed by atoms with E-state index in [1.807, 2.05) is 18.2 Å². The van der Waals surface area contributed by atoms with Crippen molar-refractivity contribution in [3.63, 3.8) is 0 Å². The maximum absolute atomic E-state index is 12.7. The minimum atomic E-state index is -3.66. The van der Waals surface area contributed by atoms with E-state index in [0.717, 1.165) is 5.56 Å². The van der Waals surface area contributed by atoms with Crippen LogP contribution in [0.1, 0.15) is 11.1 Å². The number of nitrogens with two attached hydrogens (primary N) is 1. The van der Waals surface area contributed by atoms with Crippen LogP contribution in [0, 0.1) is 11.3 Å². The van der Waals surface area contributed by atoms with Gasteiger partial charge < -0.3 is 5.73 Å². The summed E-state index contributed by atoms with van der Waals surface area (Å²) in [6, 6.07) is 13.3. The third kappa shape index (κ3) is 2.12. The van der Waals surface area contributed by atoms with Crippen LogP contribution in [0.2, 0.25) is 0 Å². The number of fused-ring (bicyclic) bond motifs is 1. The van der Waals surface area contributed by atoms with Gasteiger partial charge in [-0.05, 0) is 42.3 Å². The van der Waals surface area contributed by atoms with Crippen LogP contribution in [0.4, 0.5) is 11.4 Å². The highest BCUT2D eigenvalue weighted by Gasteiger charge is 2.32. The number of hydrogen-bond acceptors (Lipinski definition) is 4. The van der Waals surface area contributed by atoms with Crippen LogP contribution in [0.5, 0.6) is 0 Å². The Kier molecular flexibility index (Phi) is 3.07. The van der Waals surface area contributed by atoms with Gasteiger partial charge in [-0.1, -0.05) is 12.1 Å². The molecule has 2 aromatic rings. The molecule has 3 rings (SSSR count). The Balaban J connectivity index is 2.07. The first kappa shape index (κ1) is 13.5. The van der Waals surface area contributed by atoms with E-state index < -0.39 is 10.0 Å². The molecule has 0 fully saturated rings. The molecule has 0 spiro atoms. The van der Waals surface area contributed by atoms with Crippen LogP contribution in [0.3, 0.4) is 0 Å². The number of rotatable bonds is 2. The van der Waals surface area contributed by atoms with Crippen LogP contribution in [-0.2, 0) is 16.4 Å². The molecule has 0 saturated heterocycles. The molecule has 1 aliphatic heterocycles. The van der Waals surface area contributed by atoms with Gasteiger partial charge in [0, 0.05) is 6.54 Å². The highest BCUT2D eigenvalue weighted by molar-refractivity contribution is 7.92. The molecule has 0 radical (unpaired) electrons. The molecule has 0 unspecified atom stereocenters. The summed E-state index contributed by atoms with van der Waals surface area (Å²) >= 11 is 0. The van der Waals surface area contributed by atoms with E-state index >= 15 is 0 Å². The molecular formula is C15H13N3O2S. The largest absolute Gasteiger partial charge is 0.397 e. The van der Waals surface area contributed by atoms with Crippen molar-refractivity contribution < 1.29 is 8.42 Å². The van der Waals surface area contributed by atoms with Crippen LogP contribution >= 0.6 is 0 Å². The number of anilines is 2. The fourth-order valence-electron chi connectivity index (χ4n) is 2.52. The van der Waals surface area contributed by atoms with E-state index in [1.165, 1.54) is 28.6 Å². The summed E-state index contributed by atoms with van der Waals surface area (Å²) in [4.78, 5) is 0.164. The summed E-state index contributed by atoms with van der Waals surface area (Å²) in [6.45, 7) is 0.381. The first-order valence-electron chi connectivity index (χ1n) is 6.44. The van der Waals surface area contributed by atoms with Crippen molar-refractivity contribution in [2.45, 2.75) is 11.3 Å². The molecule has 1 aliphatic rings. The van der Waals surface area contributed by atoms with Crippen molar-refractivity contribution in [3.05, 3.63) is 53.6 Å². The van der Waals surface area contributed by atoms with Gasteiger partial charge in [0.15, 0.2) is 0 Å². The predicted octanol–water partition coefficient (Wildman–Crippen LogP) is 1.89. The molecule has 0 bridgehead atoms. The number of benzene rings is 2. The zero-order valence-corrected chi connectivity index (χ0v) is 12.0. The van der Waals surface area contributed by atoms with Crippen molar-refractivity contribution in [2.75, 3.05) is 16.6 Å². The molecule has 0 atom stereocenters. The molecule has 0 aromatic heterocycles. The van der Waals surface area contributed by atoms with E-state index in [4.69, 9.17) is 11.0 Å². The fourth-order valence-corrected chi connectivity index (χ4v) is 4.05. The quantitative estimate of drug-likeness (QED) is 0.858. The third-order valence-corrected chi connectivity index (χ3v) is 5.37. The zero-order chi connectivity index (χ0) is 15.0. The summed E-state index contributed by atoms with van der Waals surface area (Å²) in [5, 5.41) is 8.78. The molecule has 21 heavy (non-hydrogen) atoms. The van der Waals surface area contributed by atoms with Crippen molar-refractivity contribution >= 4 is 21.4 Å². The van der Waals surface area contributed by atoms with Gasteiger partial charge in [-0.2, -0.15) is 5.26 Å². The van der Waals surface area contributed by atoms with Gasteiger partial charge in [0.05, 0.1) is 27.9 Å². The van der Waals surface area contributed by atoms with E-state index in [0.29, 0.717) is 29.9 Å². The minimum absolute atomic E-state index is 0.164. The van der Waals surface area contributed by atoms with E-state index in [9.17, 15) is 8.42 Å². The minimum Gasteiger partial charge on any atom is -0.397 e. The van der Waals surface area contributed by atoms with E-state index in [-0.39, 0.29) is 4.90 Å². The van der Waals surface area contributed by atoms with Crippen molar-refractivity contribution in [1.29, 1.82) is 5.26 Å². The normalized spacial score (nSPS) is 13.8. The molecule has 0 aliphatic carbocycles. The van der Waals surface area contributed by atoms with Gasteiger partial charge in [0.25, 0.3) is 10.0 Å². The number of nitrogens with zero attached hydrogens (tertiary/aromatic N) is 2. The Morgan fingerprint density at radius 3 is 2.52 bits per heavy atom. The summed E-state index contributed by atoms with van der Waals surface area (Å²) in [5.74, 6) is 0. The van der Waals surface area contributed by atoms with E-state index in [2.05, 4.69) is 0 Å². The van der Waals surface area contributed by atoms with Crippen molar-refractivity contribution in [2.24, 2.45) is 0 Å². The number of sulfonamides is 1. The topological polar surface area (TPSA) is 87.2 Å². The van der Waals surface area contributed by atoms with Crippen LogP contribution in [0.15, 0.2) is 47.4 Å². The van der Waals surface area contributed by atoms with Gasteiger partial charge in [0.2, 0.25) is 0 Å². The van der Waals surface area contributed by atoms with E-state index in [1.54, 1.807) is 6.07 Å². The standard InChI is InChI=1S/C15H13N3O2S/c16-10-11-4-6-13(7-5-11)21(19,20)18-9-8-12-2-1-3-14(17)15(12)18/h1-7H,8-9,17H2. The van der Waals surface area contributed by atoms with Crippen molar-refractivity contribution in [1.82, 2.24) is 0 Å². The second-order valence-corrected chi connectivity index (χ2v) is 6.68. The summed E-state index contributed by atoms with van der Waals surface area (Å²) in [7, 11) is -3.66. The maximum atomic E-state index is 12.7. The molecule has 5 nitrogen and oxygen atoms in total. The molecule has 2 N–H and O–H groups in total. The van der Waals surface area contributed by atoms with Gasteiger partial charge in [0.1, 0.15) is 0 Å². The number of nitriles is 1. The summed E-state index contributed by atoms with van der Waals surface area (Å²) in [5.41, 5.74) is 8.33. The molecule has 1 heterocycles. The lowest BCUT2D eigenvalue weighted by Crippen LogP contribution is -2.29. The van der Waals surface area contributed by atoms with Crippen LogP contribution in [-0.4, -0.2) is 15.0 Å². The smallest absolute Gasteiger partial charge is 0.264 e. The molecule has 2 aromatic carbocycles. The second-order valence-electron chi connectivity index (χ2n) is 4.82. The summed E-state index contributed by atoms with van der Waals surface area (Å²) < 4.78 is 26.8. The first-order valence-corrected chi connectivity index (χ1v) is 7.88. The first-order chi connectivity index (χ1) is 10.0. The molecule has 6 heteroatoms. The Hall–Kier alpha value is -2.52. The average Bonchev–Trinajstić information content (AvgIpc) is 2.93. The fraction of sp³-hybridized carbons (Fsp3) is 0.133. The average molecular weight is 299 g/mol. The maximum Gasteiger partial charge on any atom is 0.264 e. The lowest BCUT2D eigenvalue weighted by Gasteiger charge is -2.20. The van der Waals surface area contributed by atoms with Crippen LogP contribution < -0.4 is 10.0 Å². The molecular weight excluding hydrogens is 286 g/mol. The monoisotopic (exact) mass is 299 g/mol. The number of nitrogen functional groups attached to an aromatic ring is 1. The summed E-state index contributed by atoms with van der Waals surface area (Å²) in [6.07, 6.45) is 0.649. The molecule has 106 valence electrons. The second kappa shape index (κ2) is 4.79. The van der Waals surface area contributed by atoms with Gasteiger partial charge >= 0.3 is 0 Å². The van der Waals surface area contributed by atoms with Gasteiger partial charge in [-0.25, -0.2) is 8.42 Å². The predicted molar refractivity (Wildman–Crippen MR) is 80.2 cm³/mol. The lowest BCUT2D eigenvalue weighted by atomic mass is 10.1. The Morgan fingerprint density at radius 1 is 1.14 bits per heavy atom. The molecule has 0 amide bonds. The molecule has 0 saturated carbocycles. The number of para-hydroxylation sites is 1. The van der Waals surface area contributed by atoms with Gasteiger partial charge in [-0.15, -0.1) is 0 Å². The Labute approximate surface area is 123 Å².